The van der Waals surface area contributed by atoms with E-state index in [4.69, 9.17) is 24.2 Å². The van der Waals surface area contributed by atoms with E-state index in [1.54, 1.807) is 72.8 Å². The van der Waals surface area contributed by atoms with Crippen LogP contribution in [0.3, 0.4) is 0 Å². The van der Waals surface area contributed by atoms with Gasteiger partial charge in [0.15, 0.2) is 5.60 Å². The molecule has 0 radical (unpaired) electrons. The highest BCUT2D eigenvalue weighted by Gasteiger charge is 2.51. The number of alkyl halides is 6. The molecule has 0 saturated heterocycles. The Hall–Kier alpha value is -5.66. The molecule has 6 aromatic rings. The summed E-state index contributed by atoms with van der Waals surface area (Å²) in [5, 5.41) is 0.990. The summed E-state index contributed by atoms with van der Waals surface area (Å²) in [6.45, 7) is -0.877. The number of para-hydroxylation sites is 2. The number of fused-ring (bicyclic) bond motifs is 4. The number of nitrogens with zero attached hydrogens (tertiary/aromatic N) is 2. The minimum absolute atomic E-state index is 0.0391. The molecule has 258 valence electrons. The van der Waals surface area contributed by atoms with Gasteiger partial charge in [0.05, 0.1) is 42.9 Å². The van der Waals surface area contributed by atoms with Gasteiger partial charge in [-0.2, -0.15) is 26.3 Å². The Morgan fingerprint density at radius 3 is 1.48 bits per heavy atom. The van der Waals surface area contributed by atoms with Crippen LogP contribution in [0.15, 0.2) is 84.9 Å². The highest BCUT2D eigenvalue weighted by atomic mass is 19.4. The van der Waals surface area contributed by atoms with Crippen molar-refractivity contribution < 1.29 is 54.9 Å². The molecule has 50 heavy (non-hydrogen) atoms. The van der Waals surface area contributed by atoms with Gasteiger partial charge in [-0.15, -0.1) is 0 Å². The second-order valence-electron chi connectivity index (χ2n) is 11.2. The smallest absolute Gasteiger partial charge is 0.490 e. The molecule has 4 aromatic carbocycles. The zero-order valence-corrected chi connectivity index (χ0v) is 26.3. The molecule has 0 saturated carbocycles. The number of methoxy groups -OCH3 is 2. The standard InChI is InChI=1S/C36H26F6N2O6/c1-47-20-12-14-28-24(18-20)30(22-8-3-5-10-26(22)43-28)34(50-33(46)36(40,41)42,16-7-17-49-32(45)35(37,38)39)31-23-9-4-6-11-27(23)44-29-15-13-21(48-2)19-25(29)31/h3-6,8-15,18-19H,7,16-17H2,1-2H3. The second kappa shape index (κ2) is 13.0. The molecule has 0 N–H and O–H groups in total. The van der Waals surface area contributed by atoms with Gasteiger partial charge in [0.25, 0.3) is 0 Å². The lowest BCUT2D eigenvalue weighted by Gasteiger charge is -2.38. The van der Waals surface area contributed by atoms with Crippen LogP contribution in [0, 0.1) is 0 Å². The van der Waals surface area contributed by atoms with Gasteiger partial charge >= 0.3 is 24.3 Å². The highest BCUT2D eigenvalue weighted by Crippen LogP contribution is 2.50. The van der Waals surface area contributed by atoms with Crippen molar-refractivity contribution in [2.45, 2.75) is 30.8 Å². The van der Waals surface area contributed by atoms with E-state index in [2.05, 4.69) is 4.74 Å². The van der Waals surface area contributed by atoms with Crippen molar-refractivity contribution in [3.63, 3.8) is 0 Å². The van der Waals surface area contributed by atoms with Gasteiger partial charge in [0.2, 0.25) is 0 Å². The summed E-state index contributed by atoms with van der Waals surface area (Å²) < 4.78 is 104. The molecule has 0 aliphatic carbocycles. The molecule has 8 nitrogen and oxygen atoms in total. The van der Waals surface area contributed by atoms with E-state index in [1.807, 2.05) is 0 Å². The number of halogens is 6. The summed E-state index contributed by atoms with van der Waals surface area (Å²) in [7, 11) is 2.77. The Morgan fingerprint density at radius 2 is 1.04 bits per heavy atom. The number of pyridine rings is 2. The molecule has 0 bridgehead atoms. The molecular weight excluding hydrogens is 670 g/mol. The minimum atomic E-state index is -5.51. The van der Waals surface area contributed by atoms with Gasteiger partial charge in [-0.1, -0.05) is 36.4 Å². The van der Waals surface area contributed by atoms with Crippen molar-refractivity contribution in [3.8, 4) is 11.5 Å². The van der Waals surface area contributed by atoms with Gasteiger partial charge < -0.3 is 18.9 Å². The van der Waals surface area contributed by atoms with Gasteiger partial charge in [0.1, 0.15) is 11.5 Å². The van der Waals surface area contributed by atoms with E-state index in [0.717, 1.165) is 0 Å². The Morgan fingerprint density at radius 1 is 0.600 bits per heavy atom. The third-order valence-corrected chi connectivity index (χ3v) is 8.22. The minimum Gasteiger partial charge on any atom is -0.497 e. The van der Waals surface area contributed by atoms with E-state index >= 15 is 0 Å². The molecule has 0 atom stereocenters. The van der Waals surface area contributed by atoms with Gasteiger partial charge in [0, 0.05) is 32.7 Å². The van der Waals surface area contributed by atoms with Crippen LogP contribution in [-0.4, -0.2) is 55.1 Å². The Bertz CT molecular complexity index is 2140. The molecule has 2 aromatic heterocycles. The number of benzene rings is 4. The quantitative estimate of drug-likeness (QED) is 0.0645. The maximum Gasteiger partial charge on any atom is 0.490 e. The first-order valence-electron chi connectivity index (χ1n) is 15.0. The summed E-state index contributed by atoms with van der Waals surface area (Å²) in [5.41, 5.74) is -1.16. The Kier molecular flexibility index (Phi) is 8.89. The lowest BCUT2D eigenvalue weighted by Crippen LogP contribution is -2.40. The zero-order valence-electron chi connectivity index (χ0n) is 26.3. The Labute approximate surface area is 279 Å². The fourth-order valence-corrected chi connectivity index (χ4v) is 6.18. The first-order valence-corrected chi connectivity index (χ1v) is 15.0. The number of hydrogen-bond donors (Lipinski definition) is 0. The maximum atomic E-state index is 14.4. The average Bonchev–Trinajstić information content (AvgIpc) is 3.09. The van der Waals surface area contributed by atoms with Crippen LogP contribution < -0.4 is 9.47 Å². The van der Waals surface area contributed by atoms with Crippen LogP contribution in [-0.2, 0) is 24.7 Å². The van der Waals surface area contributed by atoms with Crippen LogP contribution in [0.1, 0.15) is 24.0 Å². The van der Waals surface area contributed by atoms with Crippen molar-refractivity contribution >= 4 is 55.6 Å². The molecule has 0 unspecified atom stereocenters. The SMILES string of the molecule is COc1ccc2nc3ccccc3c(C(CCCOC(=O)C(F)(F)F)(OC(=O)C(F)(F)F)c3c4ccccc4nc4ccc(OC)cc34)c2c1. The predicted molar refractivity (Wildman–Crippen MR) is 171 cm³/mol. The summed E-state index contributed by atoms with van der Waals surface area (Å²) >= 11 is 0. The number of rotatable bonds is 9. The summed E-state index contributed by atoms with van der Waals surface area (Å²) in [6, 6.07) is 22.4. The third-order valence-electron chi connectivity index (χ3n) is 8.22. The molecule has 0 spiro atoms. The van der Waals surface area contributed by atoms with Crippen molar-refractivity contribution in [2.75, 3.05) is 20.8 Å². The molecule has 0 amide bonds. The van der Waals surface area contributed by atoms with Crippen molar-refractivity contribution in [3.05, 3.63) is 96.1 Å². The molecule has 6 rings (SSSR count). The summed E-state index contributed by atoms with van der Waals surface area (Å²) in [6.07, 6.45) is -11.9. The third kappa shape index (κ3) is 6.28. The summed E-state index contributed by atoms with van der Waals surface area (Å²) in [5.74, 6) is -4.47. The molecule has 0 fully saturated rings. The number of hydrogen-bond acceptors (Lipinski definition) is 8. The topological polar surface area (TPSA) is 96.8 Å². The van der Waals surface area contributed by atoms with Crippen molar-refractivity contribution in [2.24, 2.45) is 0 Å². The van der Waals surface area contributed by atoms with E-state index in [1.165, 1.54) is 26.4 Å². The molecular formula is C36H26F6N2O6. The van der Waals surface area contributed by atoms with Crippen LogP contribution in [0.25, 0.3) is 43.6 Å². The highest BCUT2D eigenvalue weighted by molar-refractivity contribution is 6.04. The van der Waals surface area contributed by atoms with Gasteiger partial charge in [-0.25, -0.2) is 19.6 Å². The monoisotopic (exact) mass is 696 g/mol. The fourth-order valence-electron chi connectivity index (χ4n) is 6.18. The lowest BCUT2D eigenvalue weighted by molar-refractivity contribution is -0.212. The van der Waals surface area contributed by atoms with Crippen molar-refractivity contribution in [1.29, 1.82) is 0 Å². The lowest BCUT2D eigenvalue weighted by atomic mass is 9.76. The second-order valence-corrected chi connectivity index (χ2v) is 11.2. The van der Waals surface area contributed by atoms with Crippen LogP contribution in [0.4, 0.5) is 26.3 Å². The number of esters is 2. The van der Waals surface area contributed by atoms with Crippen LogP contribution >= 0.6 is 0 Å². The van der Waals surface area contributed by atoms with E-state index in [0.29, 0.717) is 11.0 Å². The molecule has 2 heterocycles. The van der Waals surface area contributed by atoms with E-state index in [9.17, 15) is 35.9 Å². The fraction of sp³-hybridized carbons (Fsp3) is 0.222. The zero-order chi connectivity index (χ0) is 35.8. The predicted octanol–water partition coefficient (Wildman–Crippen LogP) is 8.34. The molecule has 0 aliphatic rings. The van der Waals surface area contributed by atoms with E-state index < -0.39 is 49.3 Å². The number of aromatic nitrogens is 2. The average molecular weight is 697 g/mol. The largest absolute Gasteiger partial charge is 0.497 e. The number of carbonyl (C=O) groups excluding carboxylic acids is 2. The van der Waals surface area contributed by atoms with Gasteiger partial charge in [-0.3, -0.25) is 0 Å². The normalized spacial score (nSPS) is 12.4. The number of ether oxygens (including phenoxy) is 4. The van der Waals surface area contributed by atoms with Crippen LogP contribution in [0.5, 0.6) is 11.5 Å². The van der Waals surface area contributed by atoms with Crippen molar-refractivity contribution in [1.82, 2.24) is 9.97 Å². The summed E-state index contributed by atoms with van der Waals surface area (Å²) in [4.78, 5) is 34.3. The molecule has 0 aliphatic heterocycles. The first-order chi connectivity index (χ1) is 23.8. The maximum absolute atomic E-state index is 14.4. The van der Waals surface area contributed by atoms with Crippen LogP contribution in [0.2, 0.25) is 0 Å². The molecule has 14 heteroatoms. The Balaban J connectivity index is 1.80. The number of carbonyl (C=O) groups is 2. The first kappa shape index (κ1) is 34.2. The van der Waals surface area contributed by atoms with Gasteiger partial charge in [-0.05, 0) is 61.4 Å². The van der Waals surface area contributed by atoms with E-state index in [-0.39, 0.29) is 55.2 Å².